The number of benzene rings is 1. The highest BCUT2D eigenvalue weighted by Gasteiger charge is 2.25. The number of halogens is 2. The van der Waals surface area contributed by atoms with Crippen molar-refractivity contribution in [3.05, 3.63) is 39.9 Å². The average molecular weight is 382 g/mol. The normalized spacial score (nSPS) is 18.6. The van der Waals surface area contributed by atoms with E-state index in [1.54, 1.807) is 29.2 Å². The van der Waals surface area contributed by atoms with Crippen LogP contribution in [0.25, 0.3) is 6.08 Å². The standard InChI is InChI=1S/C18H21Cl2N3O2/c19-14-3-1-13(16(20)11-14)2-6-18(25)23-9-7-22(8-10-23)12-17(24)21-15-4-5-15/h1-3,6,11,15H,4-5,7-10,12H2,(H,21,24)/b6-2-. The molecule has 1 saturated carbocycles. The third-order valence-corrected chi connectivity index (χ3v) is 4.92. The van der Waals surface area contributed by atoms with Crippen molar-refractivity contribution in [2.24, 2.45) is 0 Å². The predicted octanol–water partition coefficient (Wildman–Crippen LogP) is 2.43. The topological polar surface area (TPSA) is 52.7 Å². The van der Waals surface area contributed by atoms with Crippen LogP contribution in [-0.2, 0) is 9.59 Å². The zero-order valence-corrected chi connectivity index (χ0v) is 15.4. The molecule has 134 valence electrons. The monoisotopic (exact) mass is 381 g/mol. The maximum atomic E-state index is 12.3. The summed E-state index contributed by atoms with van der Waals surface area (Å²) in [6.07, 6.45) is 5.43. The van der Waals surface area contributed by atoms with Crippen LogP contribution in [0.3, 0.4) is 0 Å². The second-order valence-electron chi connectivity index (χ2n) is 6.44. The Morgan fingerprint density at radius 3 is 2.52 bits per heavy atom. The van der Waals surface area contributed by atoms with E-state index in [0.29, 0.717) is 48.8 Å². The number of carbonyl (C=O) groups excluding carboxylic acids is 2. The van der Waals surface area contributed by atoms with Crippen LogP contribution in [0.4, 0.5) is 0 Å². The third kappa shape index (κ3) is 5.46. The van der Waals surface area contributed by atoms with Crippen molar-refractivity contribution in [2.75, 3.05) is 32.7 Å². The van der Waals surface area contributed by atoms with Crippen molar-refractivity contribution >= 4 is 41.1 Å². The van der Waals surface area contributed by atoms with Gasteiger partial charge in [0.15, 0.2) is 0 Å². The van der Waals surface area contributed by atoms with Crippen LogP contribution in [0.1, 0.15) is 18.4 Å². The number of nitrogens with one attached hydrogen (secondary N) is 1. The van der Waals surface area contributed by atoms with E-state index in [-0.39, 0.29) is 11.8 Å². The zero-order valence-electron chi connectivity index (χ0n) is 13.9. The lowest BCUT2D eigenvalue weighted by Crippen LogP contribution is -2.51. The molecular weight excluding hydrogens is 361 g/mol. The Bertz CT molecular complexity index is 681. The van der Waals surface area contributed by atoms with Crippen LogP contribution in [0.2, 0.25) is 10.0 Å². The minimum absolute atomic E-state index is 0.0481. The molecule has 7 heteroatoms. The fourth-order valence-corrected chi connectivity index (χ4v) is 3.21. The smallest absolute Gasteiger partial charge is 0.246 e. The highest BCUT2D eigenvalue weighted by atomic mass is 35.5. The maximum absolute atomic E-state index is 12.3. The molecular formula is C18H21Cl2N3O2. The second-order valence-corrected chi connectivity index (χ2v) is 7.29. The molecule has 1 aromatic rings. The summed E-state index contributed by atoms with van der Waals surface area (Å²) in [4.78, 5) is 28.0. The van der Waals surface area contributed by atoms with Gasteiger partial charge >= 0.3 is 0 Å². The summed E-state index contributed by atoms with van der Waals surface area (Å²) >= 11 is 12.0. The summed E-state index contributed by atoms with van der Waals surface area (Å²) in [5, 5.41) is 4.07. The number of piperazine rings is 1. The van der Waals surface area contributed by atoms with Gasteiger partial charge in [-0.2, -0.15) is 0 Å². The van der Waals surface area contributed by atoms with Gasteiger partial charge in [-0.3, -0.25) is 14.5 Å². The summed E-state index contributed by atoms with van der Waals surface area (Å²) < 4.78 is 0. The van der Waals surface area contributed by atoms with Crippen LogP contribution < -0.4 is 5.32 Å². The van der Waals surface area contributed by atoms with Crippen molar-refractivity contribution in [3.63, 3.8) is 0 Å². The van der Waals surface area contributed by atoms with E-state index >= 15 is 0 Å². The molecule has 1 aromatic carbocycles. The van der Waals surface area contributed by atoms with Gasteiger partial charge in [0.25, 0.3) is 0 Å². The Kier molecular flexibility index (Phi) is 5.99. The quantitative estimate of drug-likeness (QED) is 0.796. The van der Waals surface area contributed by atoms with Crippen molar-refractivity contribution in [3.8, 4) is 0 Å². The van der Waals surface area contributed by atoms with Crippen LogP contribution in [0.5, 0.6) is 0 Å². The lowest BCUT2D eigenvalue weighted by molar-refractivity contribution is -0.128. The molecule has 0 spiro atoms. The molecule has 0 bridgehead atoms. The van der Waals surface area contributed by atoms with Gasteiger partial charge in [-0.05, 0) is 36.6 Å². The van der Waals surface area contributed by atoms with Gasteiger partial charge in [-0.25, -0.2) is 0 Å². The van der Waals surface area contributed by atoms with Crippen molar-refractivity contribution in [1.82, 2.24) is 15.1 Å². The first-order valence-electron chi connectivity index (χ1n) is 8.45. The first-order valence-corrected chi connectivity index (χ1v) is 9.20. The van der Waals surface area contributed by atoms with E-state index in [4.69, 9.17) is 23.2 Å². The fourth-order valence-electron chi connectivity index (χ4n) is 2.73. The molecule has 5 nitrogen and oxygen atoms in total. The number of nitrogens with zero attached hydrogens (tertiary/aromatic N) is 2. The fraction of sp³-hybridized carbons (Fsp3) is 0.444. The molecule has 1 saturated heterocycles. The maximum Gasteiger partial charge on any atom is 0.246 e. The molecule has 0 atom stereocenters. The largest absolute Gasteiger partial charge is 0.352 e. The first-order chi connectivity index (χ1) is 12.0. The van der Waals surface area contributed by atoms with E-state index < -0.39 is 0 Å². The van der Waals surface area contributed by atoms with Gasteiger partial charge in [0.1, 0.15) is 0 Å². The van der Waals surface area contributed by atoms with E-state index in [9.17, 15) is 9.59 Å². The molecule has 1 aliphatic carbocycles. The Labute approximate surface area is 157 Å². The summed E-state index contributed by atoms with van der Waals surface area (Å²) in [5.41, 5.74) is 0.759. The minimum Gasteiger partial charge on any atom is -0.352 e. The Morgan fingerprint density at radius 1 is 1.16 bits per heavy atom. The first kappa shape index (κ1) is 18.2. The van der Waals surface area contributed by atoms with Crippen molar-refractivity contribution < 1.29 is 9.59 Å². The van der Waals surface area contributed by atoms with Crippen LogP contribution in [-0.4, -0.2) is 60.4 Å². The van der Waals surface area contributed by atoms with Gasteiger partial charge in [-0.15, -0.1) is 0 Å². The van der Waals surface area contributed by atoms with Gasteiger partial charge in [0, 0.05) is 48.3 Å². The summed E-state index contributed by atoms with van der Waals surface area (Å²) in [7, 11) is 0. The molecule has 1 heterocycles. The zero-order chi connectivity index (χ0) is 17.8. The minimum atomic E-state index is -0.0481. The molecule has 0 unspecified atom stereocenters. The molecule has 2 amide bonds. The lowest BCUT2D eigenvalue weighted by atomic mass is 10.2. The molecule has 3 rings (SSSR count). The Balaban J connectivity index is 1.46. The van der Waals surface area contributed by atoms with E-state index in [0.717, 1.165) is 18.4 Å². The Morgan fingerprint density at radius 2 is 1.88 bits per heavy atom. The summed E-state index contributed by atoms with van der Waals surface area (Å²) in [6, 6.07) is 5.56. The highest BCUT2D eigenvalue weighted by Crippen LogP contribution is 2.22. The number of amides is 2. The molecule has 2 fully saturated rings. The molecule has 0 aromatic heterocycles. The van der Waals surface area contributed by atoms with E-state index in [1.807, 2.05) is 0 Å². The average Bonchev–Trinajstić information content (AvgIpc) is 3.38. The molecule has 1 N–H and O–H groups in total. The SMILES string of the molecule is O=C(CN1CCN(C(=O)/C=C\c2ccc(Cl)cc2Cl)CC1)NC1CC1. The molecule has 0 radical (unpaired) electrons. The lowest BCUT2D eigenvalue weighted by Gasteiger charge is -2.33. The molecule has 2 aliphatic rings. The highest BCUT2D eigenvalue weighted by molar-refractivity contribution is 6.35. The summed E-state index contributed by atoms with van der Waals surface area (Å²) in [6.45, 7) is 3.07. The molecule has 25 heavy (non-hydrogen) atoms. The Hall–Kier alpha value is -1.56. The third-order valence-electron chi connectivity index (χ3n) is 4.36. The van der Waals surface area contributed by atoms with E-state index in [1.165, 1.54) is 6.08 Å². The number of carbonyl (C=O) groups is 2. The van der Waals surface area contributed by atoms with Gasteiger partial charge in [0.05, 0.1) is 6.54 Å². The second kappa shape index (κ2) is 8.21. The van der Waals surface area contributed by atoms with Gasteiger partial charge in [-0.1, -0.05) is 29.3 Å². The van der Waals surface area contributed by atoms with Gasteiger partial charge < -0.3 is 10.2 Å². The van der Waals surface area contributed by atoms with Gasteiger partial charge in [0.2, 0.25) is 11.8 Å². The number of hydrogen-bond donors (Lipinski definition) is 1. The van der Waals surface area contributed by atoms with Crippen molar-refractivity contribution in [1.29, 1.82) is 0 Å². The number of hydrogen-bond acceptors (Lipinski definition) is 3. The van der Waals surface area contributed by atoms with E-state index in [2.05, 4.69) is 10.2 Å². The van der Waals surface area contributed by atoms with Crippen molar-refractivity contribution in [2.45, 2.75) is 18.9 Å². The molecule has 1 aliphatic heterocycles. The predicted molar refractivity (Wildman–Crippen MR) is 99.7 cm³/mol. The summed E-state index contributed by atoms with van der Waals surface area (Å²) in [5.74, 6) is 0.0349. The number of rotatable bonds is 5. The van der Waals surface area contributed by atoms with Crippen LogP contribution >= 0.6 is 23.2 Å². The van der Waals surface area contributed by atoms with Crippen LogP contribution in [0, 0.1) is 0 Å². The van der Waals surface area contributed by atoms with Crippen LogP contribution in [0.15, 0.2) is 24.3 Å².